The van der Waals surface area contributed by atoms with Gasteiger partial charge in [-0.05, 0) is 37.9 Å². The molecule has 2 aliphatic heterocycles. The van der Waals surface area contributed by atoms with Crippen LogP contribution in [0.4, 0.5) is 5.69 Å². The molecule has 3 rings (SSSR count). The van der Waals surface area contributed by atoms with E-state index in [9.17, 15) is 4.79 Å². The van der Waals surface area contributed by atoms with E-state index in [1.807, 2.05) is 29.2 Å². The number of ether oxygens (including phenoxy) is 1. The molecule has 1 saturated heterocycles. The number of nitrogens with one attached hydrogen (secondary N) is 1. The van der Waals surface area contributed by atoms with E-state index in [0.29, 0.717) is 6.61 Å². The van der Waals surface area contributed by atoms with Crippen molar-refractivity contribution in [1.82, 2.24) is 5.32 Å². The summed E-state index contributed by atoms with van der Waals surface area (Å²) in [5.74, 6) is 1.18. The normalized spacial score (nSPS) is 23.2. The largest absolute Gasteiger partial charge is 0.491 e. The van der Waals surface area contributed by atoms with Gasteiger partial charge in [-0.3, -0.25) is 4.79 Å². The van der Waals surface area contributed by atoms with Crippen LogP contribution >= 0.6 is 0 Å². The summed E-state index contributed by atoms with van der Waals surface area (Å²) in [6.07, 6.45) is 2.97. The van der Waals surface area contributed by atoms with Crippen molar-refractivity contribution in [3.63, 3.8) is 0 Å². The van der Waals surface area contributed by atoms with E-state index < -0.39 is 0 Å². The fraction of sp³-hybridized carbons (Fsp3) is 0.533. The van der Waals surface area contributed by atoms with Crippen molar-refractivity contribution in [3.8, 4) is 5.75 Å². The van der Waals surface area contributed by atoms with Gasteiger partial charge in [0.15, 0.2) is 0 Å². The summed E-state index contributed by atoms with van der Waals surface area (Å²) in [5, 5.41) is 3.32. The number of amides is 1. The van der Waals surface area contributed by atoms with E-state index in [1.54, 1.807) is 0 Å². The first kappa shape index (κ1) is 12.5. The van der Waals surface area contributed by atoms with Crippen LogP contribution in [-0.2, 0) is 4.79 Å². The Labute approximate surface area is 113 Å². The topological polar surface area (TPSA) is 41.6 Å². The average molecular weight is 260 g/mol. The van der Waals surface area contributed by atoms with Crippen LogP contribution in [0.3, 0.4) is 0 Å². The van der Waals surface area contributed by atoms with Gasteiger partial charge in [-0.2, -0.15) is 0 Å². The summed E-state index contributed by atoms with van der Waals surface area (Å²) >= 11 is 0. The minimum Gasteiger partial charge on any atom is -0.491 e. The molecule has 1 aromatic rings. The van der Waals surface area contributed by atoms with Gasteiger partial charge in [-0.1, -0.05) is 12.1 Å². The van der Waals surface area contributed by atoms with Crippen molar-refractivity contribution in [1.29, 1.82) is 0 Å². The molecule has 0 bridgehead atoms. The Morgan fingerprint density at radius 3 is 3.05 bits per heavy atom. The molecule has 0 aromatic heterocycles. The molecule has 102 valence electrons. The van der Waals surface area contributed by atoms with Crippen LogP contribution in [0.25, 0.3) is 0 Å². The third-order valence-electron chi connectivity index (χ3n) is 3.85. The molecule has 1 unspecified atom stereocenters. The Bertz CT molecular complexity index is 455. The van der Waals surface area contributed by atoms with Crippen LogP contribution in [0.5, 0.6) is 5.75 Å². The Hall–Kier alpha value is -1.55. The standard InChI is InChI=1S/C15H20N2O2/c18-15(12-5-3-8-16-11-12)17-9-4-10-19-14-7-2-1-6-13(14)17/h1-2,6-7,12,16H,3-5,8-11H2. The van der Waals surface area contributed by atoms with Crippen molar-refractivity contribution in [3.05, 3.63) is 24.3 Å². The number of hydrogen-bond donors (Lipinski definition) is 1. The molecule has 1 aromatic carbocycles. The molecule has 1 fully saturated rings. The molecular formula is C15H20N2O2. The summed E-state index contributed by atoms with van der Waals surface area (Å²) in [6.45, 7) is 3.28. The number of hydrogen-bond acceptors (Lipinski definition) is 3. The predicted molar refractivity (Wildman–Crippen MR) is 74.5 cm³/mol. The highest BCUT2D eigenvalue weighted by atomic mass is 16.5. The van der Waals surface area contributed by atoms with Gasteiger partial charge in [0, 0.05) is 13.1 Å². The lowest BCUT2D eigenvalue weighted by Gasteiger charge is -2.29. The lowest BCUT2D eigenvalue weighted by atomic mass is 9.97. The smallest absolute Gasteiger partial charge is 0.231 e. The van der Waals surface area contributed by atoms with Crippen molar-refractivity contribution in [2.75, 3.05) is 31.1 Å². The van der Waals surface area contributed by atoms with E-state index in [4.69, 9.17) is 4.74 Å². The summed E-state index contributed by atoms with van der Waals surface area (Å²) in [5.41, 5.74) is 0.926. The van der Waals surface area contributed by atoms with E-state index in [0.717, 1.165) is 50.3 Å². The van der Waals surface area contributed by atoms with Crippen LogP contribution < -0.4 is 15.0 Å². The number of fused-ring (bicyclic) bond motifs is 1. The first-order chi connectivity index (χ1) is 9.36. The highest BCUT2D eigenvalue weighted by Crippen LogP contribution is 2.32. The minimum atomic E-state index is 0.111. The number of carbonyl (C=O) groups excluding carboxylic acids is 1. The molecule has 0 radical (unpaired) electrons. The molecule has 0 spiro atoms. The van der Waals surface area contributed by atoms with Crippen molar-refractivity contribution in [2.24, 2.45) is 5.92 Å². The summed E-state index contributed by atoms with van der Waals surface area (Å²) in [7, 11) is 0. The number of benzene rings is 1. The molecular weight excluding hydrogens is 240 g/mol. The number of nitrogens with zero attached hydrogens (tertiary/aromatic N) is 1. The summed E-state index contributed by atoms with van der Waals surface area (Å²) < 4.78 is 5.71. The monoisotopic (exact) mass is 260 g/mol. The third-order valence-corrected chi connectivity index (χ3v) is 3.85. The zero-order valence-corrected chi connectivity index (χ0v) is 11.1. The van der Waals surface area contributed by atoms with E-state index >= 15 is 0 Å². The maximum absolute atomic E-state index is 12.7. The van der Waals surface area contributed by atoms with Gasteiger partial charge < -0.3 is 15.0 Å². The maximum atomic E-state index is 12.7. The molecule has 2 aliphatic rings. The van der Waals surface area contributed by atoms with E-state index in [1.165, 1.54) is 0 Å². The fourth-order valence-corrected chi connectivity index (χ4v) is 2.84. The van der Waals surface area contributed by atoms with Crippen LogP contribution in [0, 0.1) is 5.92 Å². The van der Waals surface area contributed by atoms with Gasteiger partial charge in [-0.25, -0.2) is 0 Å². The van der Waals surface area contributed by atoms with Gasteiger partial charge in [0.1, 0.15) is 5.75 Å². The SMILES string of the molecule is O=C(C1CCCNC1)N1CCCOc2ccccc21. The second-order valence-corrected chi connectivity index (χ2v) is 5.20. The Morgan fingerprint density at radius 1 is 1.32 bits per heavy atom. The molecule has 0 aliphatic carbocycles. The van der Waals surface area contributed by atoms with E-state index in [-0.39, 0.29) is 11.8 Å². The lowest BCUT2D eigenvalue weighted by molar-refractivity contribution is -0.122. The number of rotatable bonds is 1. The average Bonchev–Trinajstić information content (AvgIpc) is 2.70. The van der Waals surface area contributed by atoms with Gasteiger partial charge >= 0.3 is 0 Å². The highest BCUT2D eigenvalue weighted by molar-refractivity contribution is 5.96. The van der Waals surface area contributed by atoms with Crippen molar-refractivity contribution >= 4 is 11.6 Å². The molecule has 1 amide bonds. The van der Waals surface area contributed by atoms with Gasteiger partial charge in [0.2, 0.25) is 5.91 Å². The first-order valence-corrected chi connectivity index (χ1v) is 7.10. The minimum absolute atomic E-state index is 0.111. The molecule has 4 heteroatoms. The quantitative estimate of drug-likeness (QED) is 0.837. The Kier molecular flexibility index (Phi) is 3.69. The van der Waals surface area contributed by atoms with Crippen LogP contribution in [-0.4, -0.2) is 32.1 Å². The zero-order chi connectivity index (χ0) is 13.1. The van der Waals surface area contributed by atoms with Crippen molar-refractivity contribution < 1.29 is 9.53 Å². The maximum Gasteiger partial charge on any atom is 0.231 e. The first-order valence-electron chi connectivity index (χ1n) is 7.10. The van der Waals surface area contributed by atoms with Gasteiger partial charge in [0.25, 0.3) is 0 Å². The fourth-order valence-electron chi connectivity index (χ4n) is 2.84. The molecule has 4 nitrogen and oxygen atoms in total. The Balaban J connectivity index is 1.84. The third kappa shape index (κ3) is 2.59. The second kappa shape index (κ2) is 5.61. The number of carbonyl (C=O) groups is 1. The summed E-state index contributed by atoms with van der Waals surface area (Å²) in [6, 6.07) is 7.84. The number of piperidine rings is 1. The van der Waals surface area contributed by atoms with Gasteiger partial charge in [-0.15, -0.1) is 0 Å². The van der Waals surface area contributed by atoms with E-state index in [2.05, 4.69) is 5.32 Å². The molecule has 2 heterocycles. The second-order valence-electron chi connectivity index (χ2n) is 5.20. The van der Waals surface area contributed by atoms with Gasteiger partial charge in [0.05, 0.1) is 18.2 Å². The number of anilines is 1. The highest BCUT2D eigenvalue weighted by Gasteiger charge is 2.29. The lowest BCUT2D eigenvalue weighted by Crippen LogP contribution is -2.43. The molecule has 19 heavy (non-hydrogen) atoms. The molecule has 1 N–H and O–H groups in total. The molecule has 0 saturated carbocycles. The molecule has 1 atom stereocenters. The zero-order valence-electron chi connectivity index (χ0n) is 11.1. The predicted octanol–water partition coefficient (Wildman–Crippen LogP) is 1.80. The Morgan fingerprint density at radius 2 is 2.21 bits per heavy atom. The van der Waals surface area contributed by atoms with Crippen LogP contribution in [0.15, 0.2) is 24.3 Å². The summed E-state index contributed by atoms with van der Waals surface area (Å²) in [4.78, 5) is 14.6. The van der Waals surface area contributed by atoms with Crippen LogP contribution in [0.1, 0.15) is 19.3 Å². The van der Waals surface area contributed by atoms with Crippen molar-refractivity contribution in [2.45, 2.75) is 19.3 Å². The van der Waals surface area contributed by atoms with Crippen LogP contribution in [0.2, 0.25) is 0 Å². The number of para-hydroxylation sites is 2.